The molecule has 0 bridgehead atoms. The van der Waals surface area contributed by atoms with Crippen LogP contribution in [0.1, 0.15) is 73.7 Å². The molecule has 4 aromatic rings. The van der Waals surface area contributed by atoms with Gasteiger partial charge in [-0.1, -0.05) is 78.8 Å². The zero-order valence-corrected chi connectivity index (χ0v) is 27.9. The minimum Gasteiger partial charge on any atom is -0.392 e. The number of imidazole rings is 1. The maximum Gasteiger partial charge on any atom is 0.220 e. The van der Waals surface area contributed by atoms with Crippen molar-refractivity contribution in [2.75, 3.05) is 12.3 Å². The number of hydrogen-bond acceptors (Lipinski definition) is 7. The van der Waals surface area contributed by atoms with E-state index in [2.05, 4.69) is 39.9 Å². The van der Waals surface area contributed by atoms with E-state index < -0.39 is 6.29 Å². The van der Waals surface area contributed by atoms with Gasteiger partial charge in [0.05, 0.1) is 18.8 Å². The molecule has 10 heteroatoms. The van der Waals surface area contributed by atoms with Gasteiger partial charge in [-0.05, 0) is 52.8 Å². The number of aliphatic hydroxyl groups is 1. The van der Waals surface area contributed by atoms with Gasteiger partial charge in [0, 0.05) is 63.6 Å². The Balaban J connectivity index is 1.24. The molecule has 2 amide bonds. The normalized spacial score (nSPS) is 17.7. The minimum absolute atomic E-state index is 0.00293. The maximum atomic E-state index is 12.4. The number of thioether (sulfide) groups is 1. The molecule has 5 rings (SSSR count). The number of aliphatic hydroxyl groups excluding tert-OH is 1. The first-order valence-electron chi connectivity index (χ1n) is 16.2. The number of rotatable bonds is 15. The first kappa shape index (κ1) is 34.4. The van der Waals surface area contributed by atoms with Gasteiger partial charge in [0.2, 0.25) is 11.8 Å². The van der Waals surface area contributed by atoms with Crippen LogP contribution in [-0.2, 0) is 39.3 Å². The number of ether oxygens (including phenoxy) is 2. The molecule has 0 radical (unpaired) electrons. The van der Waals surface area contributed by atoms with Crippen molar-refractivity contribution in [3.8, 4) is 11.1 Å². The molecule has 248 valence electrons. The molecule has 1 aromatic heterocycles. The number of nitrogens with zero attached hydrogens (tertiary/aromatic N) is 2. The molecule has 47 heavy (non-hydrogen) atoms. The van der Waals surface area contributed by atoms with E-state index in [-0.39, 0.29) is 30.6 Å². The average Bonchev–Trinajstić information content (AvgIpc) is 3.52. The largest absolute Gasteiger partial charge is 0.392 e. The number of unbranched alkanes of at least 4 members (excludes halogenated alkanes) is 2. The molecular weight excluding hydrogens is 612 g/mol. The van der Waals surface area contributed by atoms with Crippen LogP contribution in [0.4, 0.5) is 0 Å². The molecule has 0 spiro atoms. The van der Waals surface area contributed by atoms with Crippen molar-refractivity contribution in [3.05, 3.63) is 107 Å². The summed E-state index contributed by atoms with van der Waals surface area (Å²) in [6.07, 6.45) is 6.69. The second-order valence-corrected chi connectivity index (χ2v) is 12.9. The summed E-state index contributed by atoms with van der Waals surface area (Å²) in [5.74, 6) is 0.739. The quantitative estimate of drug-likeness (QED) is 0.103. The molecule has 3 aromatic carbocycles. The van der Waals surface area contributed by atoms with Crippen molar-refractivity contribution in [2.24, 2.45) is 7.05 Å². The lowest BCUT2D eigenvalue weighted by atomic mass is 9.99. The number of amides is 2. The highest BCUT2D eigenvalue weighted by Gasteiger charge is 2.32. The van der Waals surface area contributed by atoms with Gasteiger partial charge in [-0.25, -0.2) is 4.98 Å². The van der Waals surface area contributed by atoms with E-state index >= 15 is 0 Å². The summed E-state index contributed by atoms with van der Waals surface area (Å²) in [6.45, 7) is 2.62. The number of carbonyl (C=O) groups excluding carboxylic acids is 2. The first-order valence-corrected chi connectivity index (χ1v) is 17.2. The van der Waals surface area contributed by atoms with Crippen molar-refractivity contribution in [2.45, 2.75) is 75.8 Å². The van der Waals surface area contributed by atoms with E-state index in [1.807, 2.05) is 66.3 Å². The SMILES string of the molecule is CC(=O)NCCCCCC(=O)NCc1cccc(-c2cccc(C3OC(CSc4nccn4C)CC(c4ccc(CO)cc4)O3)c2)c1. The molecule has 3 atom stereocenters. The molecule has 1 fully saturated rings. The second kappa shape index (κ2) is 17.3. The molecule has 1 aliphatic rings. The third-order valence-corrected chi connectivity index (χ3v) is 9.34. The van der Waals surface area contributed by atoms with Crippen LogP contribution in [0.3, 0.4) is 0 Å². The second-order valence-electron chi connectivity index (χ2n) is 11.9. The van der Waals surface area contributed by atoms with E-state index in [4.69, 9.17) is 9.47 Å². The molecule has 0 aliphatic carbocycles. The third-order valence-electron chi connectivity index (χ3n) is 8.15. The van der Waals surface area contributed by atoms with E-state index in [9.17, 15) is 14.7 Å². The van der Waals surface area contributed by atoms with Crippen LogP contribution in [0.2, 0.25) is 0 Å². The predicted molar refractivity (Wildman–Crippen MR) is 183 cm³/mol. The fourth-order valence-electron chi connectivity index (χ4n) is 5.55. The summed E-state index contributed by atoms with van der Waals surface area (Å²) in [5.41, 5.74) is 5.96. The highest BCUT2D eigenvalue weighted by Crippen LogP contribution is 2.40. The van der Waals surface area contributed by atoms with Gasteiger partial charge in [-0.15, -0.1) is 0 Å². The fraction of sp³-hybridized carbons (Fsp3) is 0.378. The number of hydrogen-bond donors (Lipinski definition) is 3. The Hall–Kier alpha value is -3.96. The topological polar surface area (TPSA) is 115 Å². The summed E-state index contributed by atoms with van der Waals surface area (Å²) >= 11 is 1.67. The monoisotopic (exact) mass is 656 g/mol. The smallest absolute Gasteiger partial charge is 0.220 e. The number of aromatic nitrogens is 2. The van der Waals surface area contributed by atoms with Crippen LogP contribution in [0, 0.1) is 0 Å². The summed E-state index contributed by atoms with van der Waals surface area (Å²) in [4.78, 5) is 27.8. The van der Waals surface area contributed by atoms with Crippen LogP contribution >= 0.6 is 11.8 Å². The van der Waals surface area contributed by atoms with Crippen LogP contribution in [-0.4, -0.2) is 44.9 Å². The molecule has 2 heterocycles. The first-order chi connectivity index (χ1) is 22.9. The summed E-state index contributed by atoms with van der Waals surface area (Å²) in [7, 11) is 1.99. The van der Waals surface area contributed by atoms with E-state index in [1.165, 1.54) is 6.92 Å². The predicted octanol–water partition coefficient (Wildman–Crippen LogP) is 6.23. The molecule has 3 unspecified atom stereocenters. The molecular formula is C37H44N4O5S. The fourth-order valence-corrected chi connectivity index (χ4v) is 6.50. The van der Waals surface area contributed by atoms with Gasteiger partial charge in [0.15, 0.2) is 11.4 Å². The molecule has 9 nitrogen and oxygen atoms in total. The highest BCUT2D eigenvalue weighted by atomic mass is 32.2. The summed E-state index contributed by atoms with van der Waals surface area (Å²) < 4.78 is 15.2. The summed E-state index contributed by atoms with van der Waals surface area (Å²) in [6, 6.07) is 24.4. The van der Waals surface area contributed by atoms with Crippen molar-refractivity contribution >= 4 is 23.6 Å². The van der Waals surface area contributed by atoms with Crippen LogP contribution < -0.4 is 10.6 Å². The van der Waals surface area contributed by atoms with Gasteiger partial charge < -0.3 is 29.8 Å². The standard InChI is InChI=1S/C37H44N4O5S/c1-26(43)38-17-5-3-4-12-35(44)40-23-28-8-6-9-30(20-28)31-10-7-11-32(21-31)36-45-33(25-47-37-39-18-19-41(37)2)22-34(46-36)29-15-13-27(24-42)14-16-29/h6-11,13-16,18-21,33-34,36,42H,3-5,12,17,22-25H2,1-2H3,(H,38,43)(H,40,44). The Morgan fingerprint density at radius 2 is 1.72 bits per heavy atom. The summed E-state index contributed by atoms with van der Waals surface area (Å²) in [5, 5.41) is 16.3. The van der Waals surface area contributed by atoms with Gasteiger partial charge in [-0.3, -0.25) is 9.59 Å². The molecule has 1 saturated heterocycles. The Morgan fingerprint density at radius 1 is 0.936 bits per heavy atom. The Kier molecular flexibility index (Phi) is 12.6. The number of carbonyl (C=O) groups is 2. The molecule has 1 aliphatic heterocycles. The van der Waals surface area contributed by atoms with E-state index in [0.29, 0.717) is 25.9 Å². The number of nitrogens with one attached hydrogen (secondary N) is 2. The van der Waals surface area contributed by atoms with Gasteiger partial charge in [0.1, 0.15) is 0 Å². The zero-order chi connectivity index (χ0) is 33.0. The van der Waals surface area contributed by atoms with Gasteiger partial charge in [-0.2, -0.15) is 0 Å². The van der Waals surface area contributed by atoms with E-state index in [0.717, 1.165) is 63.6 Å². The van der Waals surface area contributed by atoms with Gasteiger partial charge in [0.25, 0.3) is 0 Å². The zero-order valence-electron chi connectivity index (χ0n) is 27.1. The van der Waals surface area contributed by atoms with Gasteiger partial charge >= 0.3 is 0 Å². The average molecular weight is 657 g/mol. The maximum absolute atomic E-state index is 12.4. The minimum atomic E-state index is -0.557. The lowest BCUT2D eigenvalue weighted by molar-refractivity contribution is -0.245. The highest BCUT2D eigenvalue weighted by molar-refractivity contribution is 7.99. The number of benzene rings is 3. The lowest BCUT2D eigenvalue weighted by Crippen LogP contribution is -2.31. The van der Waals surface area contributed by atoms with Crippen molar-refractivity contribution < 1.29 is 24.2 Å². The van der Waals surface area contributed by atoms with E-state index in [1.54, 1.807) is 18.0 Å². The lowest BCUT2D eigenvalue weighted by Gasteiger charge is -2.36. The molecule has 3 N–H and O–H groups in total. The Labute approximate surface area is 281 Å². The van der Waals surface area contributed by atoms with Crippen LogP contribution in [0.15, 0.2) is 90.3 Å². The molecule has 0 saturated carbocycles. The van der Waals surface area contributed by atoms with Crippen molar-refractivity contribution in [1.29, 1.82) is 0 Å². The third kappa shape index (κ3) is 10.3. The Morgan fingerprint density at radius 3 is 2.47 bits per heavy atom. The number of aryl methyl sites for hydroxylation is 1. The van der Waals surface area contributed by atoms with Crippen LogP contribution in [0.5, 0.6) is 0 Å². The van der Waals surface area contributed by atoms with Crippen molar-refractivity contribution in [1.82, 2.24) is 20.2 Å². The van der Waals surface area contributed by atoms with Crippen LogP contribution in [0.25, 0.3) is 11.1 Å². The Bertz CT molecular complexity index is 1610. The van der Waals surface area contributed by atoms with Crippen molar-refractivity contribution in [3.63, 3.8) is 0 Å².